The number of carbonyl (C=O) groups is 2. The molecule has 0 aliphatic carbocycles. The zero-order valence-electron chi connectivity index (χ0n) is 13.6. The second-order valence-corrected chi connectivity index (χ2v) is 5.49. The van der Waals surface area contributed by atoms with Crippen LogP contribution in [0.3, 0.4) is 0 Å². The number of hydrogen-bond acceptors (Lipinski definition) is 5. The van der Waals surface area contributed by atoms with E-state index in [1.54, 1.807) is 42.6 Å². The predicted octanol–water partition coefficient (Wildman–Crippen LogP) is 3.73. The van der Waals surface area contributed by atoms with Crippen molar-refractivity contribution in [2.45, 2.75) is 13.0 Å². The van der Waals surface area contributed by atoms with Crippen molar-refractivity contribution < 1.29 is 24.2 Å². The standard InChI is InChI=1S/C18H16ClNO5/c1-11(17(21)22)25-14-6-3-12(4-7-14)10-20-16-9-13(18(23)24-2)5-8-15(16)19/h3-11H,1-2H3,(H,21,22)/t11-/m1/s1. The van der Waals surface area contributed by atoms with Crippen molar-refractivity contribution in [2.24, 2.45) is 4.99 Å². The summed E-state index contributed by atoms with van der Waals surface area (Å²) in [5, 5.41) is 9.22. The molecule has 0 amide bonds. The Balaban J connectivity index is 2.14. The van der Waals surface area contributed by atoms with Gasteiger partial charge in [0.2, 0.25) is 0 Å². The minimum Gasteiger partial charge on any atom is -0.479 e. The Morgan fingerprint density at radius 3 is 2.48 bits per heavy atom. The van der Waals surface area contributed by atoms with Gasteiger partial charge in [-0.15, -0.1) is 0 Å². The molecule has 0 bridgehead atoms. The first-order valence-electron chi connectivity index (χ1n) is 7.32. The Labute approximate surface area is 149 Å². The zero-order chi connectivity index (χ0) is 18.4. The van der Waals surface area contributed by atoms with Gasteiger partial charge in [0.15, 0.2) is 6.10 Å². The highest BCUT2D eigenvalue weighted by Crippen LogP contribution is 2.26. The molecule has 0 fully saturated rings. The molecular formula is C18H16ClNO5. The first kappa shape index (κ1) is 18.5. The van der Waals surface area contributed by atoms with Gasteiger partial charge in [-0.1, -0.05) is 11.6 Å². The lowest BCUT2D eigenvalue weighted by Crippen LogP contribution is -2.22. The van der Waals surface area contributed by atoms with Gasteiger partial charge >= 0.3 is 11.9 Å². The summed E-state index contributed by atoms with van der Waals surface area (Å²) in [5.74, 6) is -1.06. The highest BCUT2D eigenvalue weighted by molar-refractivity contribution is 6.33. The number of ether oxygens (including phenoxy) is 2. The summed E-state index contributed by atoms with van der Waals surface area (Å²) >= 11 is 6.08. The number of esters is 1. The van der Waals surface area contributed by atoms with E-state index in [9.17, 15) is 9.59 Å². The quantitative estimate of drug-likeness (QED) is 0.626. The summed E-state index contributed by atoms with van der Waals surface area (Å²) in [7, 11) is 1.30. The normalized spacial score (nSPS) is 12.0. The van der Waals surface area contributed by atoms with E-state index in [-0.39, 0.29) is 0 Å². The Kier molecular flexibility index (Phi) is 6.14. The van der Waals surface area contributed by atoms with E-state index in [2.05, 4.69) is 9.73 Å². The van der Waals surface area contributed by atoms with Gasteiger partial charge in [0, 0.05) is 6.21 Å². The monoisotopic (exact) mass is 361 g/mol. The van der Waals surface area contributed by atoms with Gasteiger partial charge in [-0.3, -0.25) is 4.99 Å². The molecular weight excluding hydrogens is 346 g/mol. The smallest absolute Gasteiger partial charge is 0.344 e. The first-order valence-corrected chi connectivity index (χ1v) is 7.70. The molecule has 0 aliphatic rings. The van der Waals surface area contributed by atoms with Crippen LogP contribution in [-0.2, 0) is 9.53 Å². The largest absolute Gasteiger partial charge is 0.479 e. The SMILES string of the molecule is COC(=O)c1ccc(Cl)c(N=Cc2ccc(O[C@H](C)C(=O)O)cc2)c1. The fraction of sp³-hybridized carbons (Fsp3) is 0.167. The number of halogens is 1. The van der Waals surface area contributed by atoms with Crippen LogP contribution in [0.1, 0.15) is 22.8 Å². The minimum atomic E-state index is -1.04. The molecule has 130 valence electrons. The van der Waals surface area contributed by atoms with Gasteiger partial charge in [0.25, 0.3) is 0 Å². The molecule has 0 spiro atoms. The third kappa shape index (κ3) is 5.06. The number of aliphatic imine (C=N–C) groups is 1. The van der Waals surface area contributed by atoms with E-state index < -0.39 is 18.0 Å². The van der Waals surface area contributed by atoms with E-state index in [0.717, 1.165) is 5.56 Å². The molecule has 25 heavy (non-hydrogen) atoms. The Hall–Kier alpha value is -2.86. The lowest BCUT2D eigenvalue weighted by molar-refractivity contribution is -0.144. The van der Waals surface area contributed by atoms with Gasteiger partial charge < -0.3 is 14.6 Å². The molecule has 0 saturated carbocycles. The summed E-state index contributed by atoms with van der Waals surface area (Å²) in [6, 6.07) is 11.4. The molecule has 1 N–H and O–H groups in total. The average Bonchev–Trinajstić information content (AvgIpc) is 2.61. The predicted molar refractivity (Wildman–Crippen MR) is 94.2 cm³/mol. The number of carboxylic acids is 1. The molecule has 6 nitrogen and oxygen atoms in total. The van der Waals surface area contributed by atoms with E-state index in [4.69, 9.17) is 21.4 Å². The number of carboxylic acid groups (broad SMARTS) is 1. The fourth-order valence-corrected chi connectivity index (χ4v) is 2.05. The number of aliphatic carboxylic acids is 1. The van der Waals surface area contributed by atoms with Crippen molar-refractivity contribution in [1.29, 1.82) is 0 Å². The van der Waals surface area contributed by atoms with E-state index in [1.807, 2.05) is 0 Å². The van der Waals surface area contributed by atoms with E-state index in [0.29, 0.717) is 22.0 Å². The fourth-order valence-electron chi connectivity index (χ4n) is 1.89. The molecule has 0 saturated heterocycles. The zero-order valence-corrected chi connectivity index (χ0v) is 14.4. The number of rotatable bonds is 6. The Bertz CT molecular complexity index is 802. The van der Waals surface area contributed by atoms with Gasteiger partial charge in [0.05, 0.1) is 23.4 Å². The highest BCUT2D eigenvalue weighted by atomic mass is 35.5. The van der Waals surface area contributed by atoms with Crippen molar-refractivity contribution in [3.63, 3.8) is 0 Å². The molecule has 0 radical (unpaired) electrons. The van der Waals surface area contributed by atoms with Gasteiger partial charge in [0.1, 0.15) is 5.75 Å². The van der Waals surface area contributed by atoms with Crippen molar-refractivity contribution in [1.82, 2.24) is 0 Å². The summed E-state index contributed by atoms with van der Waals surface area (Å²) in [6.07, 6.45) is 0.645. The van der Waals surface area contributed by atoms with E-state index in [1.165, 1.54) is 20.1 Å². The molecule has 2 aromatic carbocycles. The molecule has 0 heterocycles. The topological polar surface area (TPSA) is 85.2 Å². The lowest BCUT2D eigenvalue weighted by atomic mass is 10.2. The second kappa shape index (κ2) is 8.30. The molecule has 1 atom stereocenters. The molecule has 2 aromatic rings. The van der Waals surface area contributed by atoms with E-state index >= 15 is 0 Å². The van der Waals surface area contributed by atoms with Crippen LogP contribution < -0.4 is 4.74 Å². The highest BCUT2D eigenvalue weighted by Gasteiger charge is 2.12. The van der Waals surface area contributed by atoms with Crippen LogP contribution in [0.5, 0.6) is 5.75 Å². The van der Waals surface area contributed by atoms with Gasteiger partial charge in [-0.2, -0.15) is 0 Å². The second-order valence-electron chi connectivity index (χ2n) is 5.08. The molecule has 0 unspecified atom stereocenters. The maximum absolute atomic E-state index is 11.6. The Morgan fingerprint density at radius 2 is 1.88 bits per heavy atom. The molecule has 7 heteroatoms. The van der Waals surface area contributed by atoms with Gasteiger partial charge in [-0.25, -0.2) is 9.59 Å². The number of carbonyl (C=O) groups excluding carboxylic acids is 1. The third-order valence-electron chi connectivity index (χ3n) is 3.26. The number of hydrogen-bond donors (Lipinski definition) is 1. The van der Waals surface area contributed by atoms with Crippen molar-refractivity contribution >= 4 is 35.4 Å². The summed E-state index contributed by atoms with van der Waals surface area (Å²) in [5.41, 5.74) is 1.55. The van der Waals surface area contributed by atoms with Crippen molar-refractivity contribution in [2.75, 3.05) is 7.11 Å². The summed E-state index contributed by atoms with van der Waals surface area (Å²) < 4.78 is 9.92. The van der Waals surface area contributed by atoms with Crippen LogP contribution in [0.4, 0.5) is 5.69 Å². The lowest BCUT2D eigenvalue weighted by Gasteiger charge is -2.10. The minimum absolute atomic E-state index is 0.352. The third-order valence-corrected chi connectivity index (χ3v) is 3.58. The molecule has 2 rings (SSSR count). The van der Waals surface area contributed by atoms with Crippen LogP contribution in [-0.4, -0.2) is 36.5 Å². The number of benzene rings is 2. The van der Waals surface area contributed by atoms with Crippen molar-refractivity contribution in [3.8, 4) is 5.75 Å². The van der Waals surface area contributed by atoms with Crippen LogP contribution >= 0.6 is 11.6 Å². The number of nitrogens with zero attached hydrogens (tertiary/aromatic N) is 1. The average molecular weight is 362 g/mol. The molecule has 0 aliphatic heterocycles. The maximum atomic E-state index is 11.6. The summed E-state index contributed by atoms with van der Waals surface area (Å²) in [4.78, 5) is 26.6. The Morgan fingerprint density at radius 1 is 1.20 bits per heavy atom. The van der Waals surface area contributed by atoms with Crippen LogP contribution in [0.2, 0.25) is 5.02 Å². The number of methoxy groups -OCH3 is 1. The van der Waals surface area contributed by atoms with Crippen molar-refractivity contribution in [3.05, 3.63) is 58.6 Å². The first-order chi connectivity index (χ1) is 11.9. The summed E-state index contributed by atoms with van der Waals surface area (Å²) in [6.45, 7) is 1.45. The molecule has 0 aromatic heterocycles. The van der Waals surface area contributed by atoms with Crippen LogP contribution in [0.15, 0.2) is 47.5 Å². The maximum Gasteiger partial charge on any atom is 0.344 e. The van der Waals surface area contributed by atoms with Crippen LogP contribution in [0.25, 0.3) is 0 Å². The van der Waals surface area contributed by atoms with Crippen LogP contribution in [0, 0.1) is 0 Å². The van der Waals surface area contributed by atoms with Gasteiger partial charge in [-0.05, 0) is 55.0 Å².